The van der Waals surface area contributed by atoms with E-state index in [2.05, 4.69) is 5.32 Å². The Morgan fingerprint density at radius 1 is 1.19 bits per heavy atom. The van der Waals surface area contributed by atoms with Crippen LogP contribution in [0.1, 0.15) is 5.56 Å². The second kappa shape index (κ2) is 8.56. The standard InChI is InChI=1S/C9H9F3N2O4S.Na.H2O/c10-9(11,12)6-1-3-7(4-2-6)14-8(15)13-5-19(16,17)18;;/h1-4H,5H2,(H2,13,14,15)(H,16,17,18);;1H2/q;+1;/p-1. The number of carbonyl (C=O) groups is 1. The summed E-state index contributed by atoms with van der Waals surface area (Å²) in [6.07, 6.45) is -4.49. The van der Waals surface area contributed by atoms with Crippen LogP contribution in [-0.4, -0.2) is 30.4 Å². The molecule has 0 bridgehead atoms. The van der Waals surface area contributed by atoms with E-state index in [4.69, 9.17) is 0 Å². The van der Waals surface area contributed by atoms with Crippen LogP contribution in [0.2, 0.25) is 0 Å². The van der Waals surface area contributed by atoms with Gasteiger partial charge in [-0.15, -0.1) is 0 Å². The SMILES string of the molecule is O.O=C(NCS(=O)(=O)[O-])Nc1ccc(C(F)(F)F)cc1.[Na+]. The van der Waals surface area contributed by atoms with E-state index in [1.54, 1.807) is 5.32 Å². The predicted octanol–water partition coefficient (Wildman–Crippen LogP) is -2.49. The van der Waals surface area contributed by atoms with Gasteiger partial charge in [0.25, 0.3) is 0 Å². The van der Waals surface area contributed by atoms with Crippen molar-refractivity contribution in [1.82, 2.24) is 5.32 Å². The Kier molecular flexibility index (Phi) is 9.14. The summed E-state index contributed by atoms with van der Waals surface area (Å²) < 4.78 is 67.4. The molecule has 0 saturated carbocycles. The average Bonchev–Trinajstić information content (AvgIpc) is 2.25. The molecule has 0 aliphatic carbocycles. The van der Waals surface area contributed by atoms with E-state index < -0.39 is 33.8 Å². The van der Waals surface area contributed by atoms with Gasteiger partial charge in [-0.05, 0) is 24.3 Å². The summed E-state index contributed by atoms with van der Waals surface area (Å²) in [5.74, 6) is -1.11. The van der Waals surface area contributed by atoms with Crippen molar-refractivity contribution in [2.45, 2.75) is 6.18 Å². The maximum atomic E-state index is 12.2. The number of halogens is 3. The maximum absolute atomic E-state index is 12.2. The maximum Gasteiger partial charge on any atom is 1.00 e. The quantitative estimate of drug-likeness (QED) is 0.466. The minimum Gasteiger partial charge on any atom is -0.747 e. The Morgan fingerprint density at radius 2 is 1.67 bits per heavy atom. The van der Waals surface area contributed by atoms with Gasteiger partial charge < -0.3 is 20.7 Å². The molecule has 4 N–H and O–H groups in total. The van der Waals surface area contributed by atoms with Crippen LogP contribution in [0.4, 0.5) is 23.7 Å². The summed E-state index contributed by atoms with van der Waals surface area (Å²) >= 11 is 0. The molecule has 0 radical (unpaired) electrons. The minimum atomic E-state index is -4.61. The van der Waals surface area contributed by atoms with Gasteiger partial charge in [0, 0.05) is 5.69 Å². The number of rotatable bonds is 3. The number of amides is 2. The summed E-state index contributed by atoms with van der Waals surface area (Å²) in [5, 5.41) is 3.82. The van der Waals surface area contributed by atoms with Crippen LogP contribution in [0.15, 0.2) is 24.3 Å². The first kappa shape index (κ1) is 22.4. The van der Waals surface area contributed by atoms with Gasteiger partial charge in [-0.25, -0.2) is 13.2 Å². The van der Waals surface area contributed by atoms with E-state index in [0.717, 1.165) is 24.3 Å². The Labute approximate surface area is 140 Å². The molecule has 12 heteroatoms. The number of carbonyl (C=O) groups excluding carboxylic acids is 1. The number of nitrogens with one attached hydrogen (secondary N) is 2. The largest absolute Gasteiger partial charge is 1.00 e. The van der Waals surface area contributed by atoms with Crippen LogP contribution in [0.25, 0.3) is 0 Å². The Hall–Kier alpha value is -0.850. The smallest absolute Gasteiger partial charge is 0.747 e. The second-order valence-corrected chi connectivity index (χ2v) is 4.81. The molecule has 0 unspecified atom stereocenters. The summed E-state index contributed by atoms with van der Waals surface area (Å²) in [5.41, 5.74) is -0.866. The summed E-state index contributed by atoms with van der Waals surface area (Å²) in [6.45, 7) is 0. The number of benzene rings is 1. The van der Waals surface area contributed by atoms with Crippen molar-refractivity contribution < 1.29 is 66.0 Å². The van der Waals surface area contributed by atoms with Gasteiger partial charge in [0.15, 0.2) is 0 Å². The van der Waals surface area contributed by atoms with Gasteiger partial charge in [-0.3, -0.25) is 0 Å². The number of hydrogen-bond donors (Lipinski definition) is 2. The van der Waals surface area contributed by atoms with E-state index in [1.807, 2.05) is 0 Å². The number of urea groups is 1. The van der Waals surface area contributed by atoms with Crippen molar-refractivity contribution in [3.8, 4) is 0 Å². The molecular weight excluding hydrogens is 328 g/mol. The minimum absolute atomic E-state index is 0. The zero-order chi connectivity index (χ0) is 14.7. The first-order valence-corrected chi connectivity index (χ1v) is 6.31. The summed E-state index contributed by atoms with van der Waals surface area (Å²) in [7, 11) is -4.61. The monoisotopic (exact) mass is 338 g/mol. The molecule has 0 spiro atoms. The van der Waals surface area contributed by atoms with Gasteiger partial charge >= 0.3 is 41.8 Å². The van der Waals surface area contributed by atoms with E-state index in [-0.39, 0.29) is 40.7 Å². The molecule has 1 rings (SSSR count). The first-order valence-electron chi connectivity index (χ1n) is 4.73. The Balaban J connectivity index is 0. The van der Waals surface area contributed by atoms with Crippen LogP contribution in [-0.2, 0) is 16.3 Å². The first-order chi connectivity index (χ1) is 8.58. The average molecular weight is 338 g/mol. The third kappa shape index (κ3) is 8.90. The zero-order valence-corrected chi connectivity index (χ0v) is 13.5. The van der Waals surface area contributed by atoms with E-state index in [0.29, 0.717) is 0 Å². The van der Waals surface area contributed by atoms with Crippen molar-refractivity contribution in [2.75, 3.05) is 11.2 Å². The van der Waals surface area contributed by atoms with E-state index in [9.17, 15) is 30.9 Å². The molecule has 0 heterocycles. The molecular formula is C9H10F3N2NaO5S. The van der Waals surface area contributed by atoms with Crippen LogP contribution in [0.3, 0.4) is 0 Å². The van der Waals surface area contributed by atoms with Gasteiger partial charge in [0.05, 0.1) is 5.56 Å². The van der Waals surface area contributed by atoms with Crippen molar-refractivity contribution in [2.24, 2.45) is 0 Å². The third-order valence-corrected chi connectivity index (χ3v) is 2.38. The molecule has 1 aromatic rings. The molecule has 7 nitrogen and oxygen atoms in total. The fourth-order valence-corrected chi connectivity index (χ4v) is 1.38. The normalized spacial score (nSPS) is 10.9. The zero-order valence-electron chi connectivity index (χ0n) is 10.7. The molecule has 2 amide bonds. The van der Waals surface area contributed by atoms with Crippen LogP contribution in [0, 0.1) is 0 Å². The Morgan fingerprint density at radius 3 is 2.05 bits per heavy atom. The number of hydrogen-bond acceptors (Lipinski definition) is 4. The van der Waals surface area contributed by atoms with Crippen molar-refractivity contribution in [3.05, 3.63) is 29.8 Å². The van der Waals surface area contributed by atoms with Crippen molar-refractivity contribution >= 4 is 21.8 Å². The van der Waals surface area contributed by atoms with Gasteiger partial charge in [-0.1, -0.05) is 0 Å². The fraction of sp³-hybridized carbons (Fsp3) is 0.222. The molecule has 0 atom stereocenters. The van der Waals surface area contributed by atoms with E-state index in [1.165, 1.54) is 0 Å². The molecule has 0 saturated heterocycles. The predicted molar refractivity (Wildman–Crippen MR) is 61.8 cm³/mol. The molecule has 114 valence electrons. The number of alkyl halides is 3. The van der Waals surface area contributed by atoms with Crippen LogP contribution >= 0.6 is 0 Å². The van der Waals surface area contributed by atoms with E-state index >= 15 is 0 Å². The fourth-order valence-electron chi connectivity index (χ4n) is 1.07. The molecule has 0 aromatic heterocycles. The van der Waals surface area contributed by atoms with Crippen molar-refractivity contribution in [1.29, 1.82) is 0 Å². The second-order valence-electron chi connectivity index (χ2n) is 3.41. The molecule has 0 aliphatic heterocycles. The summed E-state index contributed by atoms with van der Waals surface area (Å²) in [6, 6.07) is 2.47. The molecule has 0 fully saturated rings. The molecule has 21 heavy (non-hydrogen) atoms. The third-order valence-electron chi connectivity index (χ3n) is 1.88. The topological polar surface area (TPSA) is 130 Å². The van der Waals surface area contributed by atoms with Crippen molar-refractivity contribution in [3.63, 3.8) is 0 Å². The van der Waals surface area contributed by atoms with Crippen LogP contribution < -0.4 is 40.2 Å². The number of anilines is 1. The Bertz CT molecular complexity index is 562. The molecule has 0 aliphatic rings. The van der Waals surface area contributed by atoms with Gasteiger partial charge in [0.1, 0.15) is 16.0 Å². The summed E-state index contributed by atoms with van der Waals surface area (Å²) in [4.78, 5) is 11.1. The van der Waals surface area contributed by atoms with Crippen LogP contribution in [0.5, 0.6) is 0 Å². The van der Waals surface area contributed by atoms with Gasteiger partial charge in [0.2, 0.25) is 0 Å². The molecule has 1 aromatic carbocycles. The van der Waals surface area contributed by atoms with Gasteiger partial charge in [-0.2, -0.15) is 13.2 Å².